The van der Waals surface area contributed by atoms with Crippen molar-refractivity contribution in [3.8, 4) is 0 Å². The average molecular weight is 740 g/mol. The fourth-order valence-electron chi connectivity index (χ4n) is 5.57. The topological polar surface area (TPSA) is 130 Å². The van der Waals surface area contributed by atoms with Crippen molar-refractivity contribution in [1.82, 2.24) is 4.57 Å². The highest BCUT2D eigenvalue weighted by Gasteiger charge is 2.31. The highest BCUT2D eigenvalue weighted by molar-refractivity contribution is 7.85. The number of fused-ring (bicyclic) bond motifs is 2. The molecule has 0 N–H and O–H groups in total. The summed E-state index contributed by atoms with van der Waals surface area (Å²) in [5.41, 5.74) is 6.75. The van der Waals surface area contributed by atoms with Gasteiger partial charge in [-0.3, -0.25) is 0 Å². The van der Waals surface area contributed by atoms with E-state index in [0.29, 0.717) is 71.4 Å². The molecule has 0 saturated carbocycles. The molecule has 0 radical (unpaired) electrons. The maximum absolute atomic E-state index is 11.2. The second-order valence-electron chi connectivity index (χ2n) is 10.5. The fourth-order valence-corrected chi connectivity index (χ4v) is 7.32. The molecule has 45 heavy (non-hydrogen) atoms. The van der Waals surface area contributed by atoms with Crippen LogP contribution in [0.5, 0.6) is 0 Å². The normalized spacial score (nSPS) is 13.6. The zero-order chi connectivity index (χ0) is 33.1. The highest BCUT2D eigenvalue weighted by Crippen LogP contribution is 2.45. The number of halogens is 4. The number of anilines is 2. The third-order valence-corrected chi connectivity index (χ3v) is 10.6. The van der Waals surface area contributed by atoms with Gasteiger partial charge in [0.05, 0.1) is 71.2 Å². The summed E-state index contributed by atoms with van der Waals surface area (Å²) in [7, 11) is -8.64. The Hall–Kier alpha value is -1.99. The molecule has 0 saturated heterocycles. The van der Waals surface area contributed by atoms with E-state index in [1.807, 2.05) is 29.7 Å². The van der Waals surface area contributed by atoms with Gasteiger partial charge in [0.1, 0.15) is 0 Å². The third kappa shape index (κ3) is 8.68. The van der Waals surface area contributed by atoms with Gasteiger partial charge in [0.25, 0.3) is 5.82 Å². The molecule has 0 aliphatic carbocycles. The van der Waals surface area contributed by atoms with E-state index < -0.39 is 31.7 Å². The van der Waals surface area contributed by atoms with Crippen molar-refractivity contribution in [2.24, 2.45) is 0 Å². The maximum atomic E-state index is 11.2. The van der Waals surface area contributed by atoms with Crippen LogP contribution >= 0.6 is 46.4 Å². The Bertz CT molecular complexity index is 1870. The molecule has 0 amide bonds. The number of allylic oxidation sites excluding steroid dienone is 1. The Kier molecular flexibility index (Phi) is 11.8. The van der Waals surface area contributed by atoms with Gasteiger partial charge in [0, 0.05) is 36.7 Å². The minimum Gasteiger partial charge on any atom is -0.748 e. The van der Waals surface area contributed by atoms with E-state index in [2.05, 4.69) is 14.9 Å². The summed E-state index contributed by atoms with van der Waals surface area (Å²) in [4.78, 5) is 4.02. The van der Waals surface area contributed by atoms with Crippen LogP contribution < -0.4 is 14.4 Å². The molecule has 0 spiro atoms. The third-order valence-electron chi connectivity index (χ3n) is 7.53. The van der Waals surface area contributed by atoms with E-state index in [1.165, 1.54) is 0 Å². The van der Waals surface area contributed by atoms with Gasteiger partial charge in [0.15, 0.2) is 16.9 Å². The molecule has 3 aromatic rings. The van der Waals surface area contributed by atoms with Gasteiger partial charge in [0.2, 0.25) is 0 Å². The molecule has 10 nitrogen and oxygen atoms in total. The zero-order valence-electron chi connectivity index (χ0n) is 24.7. The Morgan fingerprint density at radius 1 is 0.778 bits per heavy atom. The van der Waals surface area contributed by atoms with Crippen LogP contribution in [0.15, 0.2) is 41.9 Å². The summed E-state index contributed by atoms with van der Waals surface area (Å²) in [5, 5.41) is 1.56. The van der Waals surface area contributed by atoms with Gasteiger partial charge in [-0.05, 0) is 57.7 Å². The molecule has 2 aromatic carbocycles. The van der Waals surface area contributed by atoms with Crippen LogP contribution in [0.25, 0.3) is 11.0 Å². The summed E-state index contributed by atoms with van der Waals surface area (Å²) >= 11 is 25.5. The summed E-state index contributed by atoms with van der Waals surface area (Å²) in [6, 6.07) is 7.13. The lowest BCUT2D eigenvalue weighted by Crippen LogP contribution is -2.38. The molecular weight excluding hydrogens is 706 g/mol. The van der Waals surface area contributed by atoms with Crippen molar-refractivity contribution >= 4 is 89.0 Å². The minimum atomic E-state index is -4.32. The zero-order valence-corrected chi connectivity index (χ0v) is 29.4. The highest BCUT2D eigenvalue weighted by atomic mass is 35.5. The van der Waals surface area contributed by atoms with Gasteiger partial charge in [-0.25, -0.2) is 26.0 Å². The molecule has 1 aliphatic heterocycles. The van der Waals surface area contributed by atoms with Gasteiger partial charge >= 0.3 is 0 Å². The fraction of sp³-hybridized carbons (Fsp3) is 0.448. The van der Waals surface area contributed by atoms with E-state index >= 15 is 0 Å². The van der Waals surface area contributed by atoms with Crippen molar-refractivity contribution in [1.29, 1.82) is 0 Å². The molecule has 4 rings (SSSR count). The lowest BCUT2D eigenvalue weighted by molar-refractivity contribution is -0.679. The number of benzene rings is 2. The molecule has 1 aromatic heterocycles. The molecule has 0 atom stereocenters. The van der Waals surface area contributed by atoms with Crippen LogP contribution in [0.1, 0.15) is 45.4 Å². The van der Waals surface area contributed by atoms with Crippen LogP contribution in [0.2, 0.25) is 20.1 Å². The molecular formula is C29H33Cl4N4O6S2-. The van der Waals surface area contributed by atoms with Crippen molar-refractivity contribution in [3.63, 3.8) is 0 Å². The quantitative estimate of drug-likeness (QED) is 0.0840. The molecule has 0 fully saturated rings. The largest absolute Gasteiger partial charge is 0.748 e. The minimum absolute atomic E-state index is 0.206. The van der Waals surface area contributed by atoms with Gasteiger partial charge in [-0.2, -0.15) is 0 Å². The Morgan fingerprint density at radius 2 is 1.33 bits per heavy atom. The van der Waals surface area contributed by atoms with Gasteiger partial charge < -0.3 is 18.9 Å². The van der Waals surface area contributed by atoms with E-state index in [9.17, 15) is 25.9 Å². The van der Waals surface area contributed by atoms with Crippen LogP contribution in [0.4, 0.5) is 11.4 Å². The SMILES string of the molecule is CCN1C(=C=CCc2n(CC)c3cc(Cl)c(Cl)cc3[n+]2CCCCS(=O)(=O)[O-])N(CCCCS(=O)(=O)[O-])c2cc(Cl)c(Cl)cc21. The number of aryl methyl sites for hydroxylation is 2. The standard InChI is InChI=1S/C29H34Cl4N4O6S2/c1-3-34-24-16-20(30)22(32)18-26(24)36(12-5-7-14-44(38,39)40)28(34)10-9-11-29-35(4-2)25-17-21(31)23(33)19-27(25)37(29)13-6-8-15-45(41,42)43/h9,16-19H,3-8,10,12-15H2,1-2H3,(H-,38,39,40,41,42,43)/p-1. The molecule has 16 heteroatoms. The lowest BCUT2D eigenvalue weighted by atomic mass is 10.2. The van der Waals surface area contributed by atoms with Gasteiger partial charge in [-0.1, -0.05) is 52.1 Å². The first-order chi connectivity index (χ1) is 21.1. The second kappa shape index (κ2) is 14.8. The number of hydrogen-bond acceptors (Lipinski definition) is 8. The second-order valence-corrected chi connectivity index (χ2v) is 15.2. The average Bonchev–Trinajstić information content (AvgIpc) is 3.38. The lowest BCUT2D eigenvalue weighted by Gasteiger charge is -2.22. The number of aromatic nitrogens is 2. The number of rotatable bonds is 14. The van der Waals surface area contributed by atoms with Gasteiger partial charge in [-0.15, -0.1) is 0 Å². The van der Waals surface area contributed by atoms with Crippen LogP contribution in [-0.4, -0.2) is 55.1 Å². The predicted octanol–water partition coefficient (Wildman–Crippen LogP) is 6.10. The Morgan fingerprint density at radius 3 is 1.91 bits per heavy atom. The molecule has 0 unspecified atom stereocenters. The summed E-state index contributed by atoms with van der Waals surface area (Å²) in [5.74, 6) is 0.734. The smallest absolute Gasteiger partial charge is 0.261 e. The predicted molar refractivity (Wildman–Crippen MR) is 178 cm³/mol. The van der Waals surface area contributed by atoms with Crippen LogP contribution in [0.3, 0.4) is 0 Å². The Labute approximate surface area is 283 Å². The van der Waals surface area contributed by atoms with Crippen LogP contribution in [-0.2, 0) is 39.7 Å². The van der Waals surface area contributed by atoms with E-state index in [-0.39, 0.29) is 12.8 Å². The van der Waals surface area contributed by atoms with Crippen LogP contribution in [0, 0.1) is 0 Å². The van der Waals surface area contributed by atoms with E-state index in [4.69, 9.17) is 46.4 Å². The first-order valence-electron chi connectivity index (χ1n) is 14.4. The monoisotopic (exact) mass is 737 g/mol. The van der Waals surface area contributed by atoms with Crippen molar-refractivity contribution < 1.29 is 30.5 Å². The van der Waals surface area contributed by atoms with Crippen molar-refractivity contribution in [2.45, 2.75) is 59.0 Å². The first kappa shape index (κ1) is 35.9. The summed E-state index contributed by atoms with van der Waals surface area (Å²) < 4.78 is 71.2. The molecule has 0 bridgehead atoms. The molecule has 246 valence electrons. The summed E-state index contributed by atoms with van der Waals surface area (Å²) in [6.07, 6.45) is 3.64. The van der Waals surface area contributed by atoms with E-state index in [0.717, 1.165) is 28.2 Å². The maximum Gasteiger partial charge on any atom is 0.261 e. The Balaban J connectivity index is 1.75. The molecule has 1 aliphatic rings. The number of hydrogen-bond donors (Lipinski definition) is 0. The molecule has 2 heterocycles. The number of nitrogens with zero attached hydrogens (tertiary/aromatic N) is 4. The first-order valence-corrected chi connectivity index (χ1v) is 19.1. The number of unbranched alkanes of at least 4 members (excludes halogenated alkanes) is 2. The van der Waals surface area contributed by atoms with E-state index in [1.54, 1.807) is 24.3 Å². The summed E-state index contributed by atoms with van der Waals surface area (Å²) in [6.45, 7) is 6.07. The van der Waals surface area contributed by atoms with Crippen molar-refractivity contribution in [2.75, 3.05) is 34.4 Å². The number of imidazole rings is 1. The van der Waals surface area contributed by atoms with Crippen molar-refractivity contribution in [3.05, 3.63) is 67.8 Å².